The number of hydrogen-bond acceptors (Lipinski definition) is 7. The van der Waals surface area contributed by atoms with Gasteiger partial charge in [-0.15, -0.1) is 5.10 Å². The van der Waals surface area contributed by atoms with Gasteiger partial charge in [-0.1, -0.05) is 28.9 Å². The van der Waals surface area contributed by atoms with Crippen LogP contribution in [0.2, 0.25) is 5.02 Å². The van der Waals surface area contributed by atoms with Crippen molar-refractivity contribution in [2.45, 2.75) is 19.5 Å². The number of Topliss-reactive ketones (excluding diaryl/α,β-unsaturated/α-hetero) is 1. The van der Waals surface area contributed by atoms with Gasteiger partial charge in [0.25, 0.3) is 0 Å². The van der Waals surface area contributed by atoms with E-state index in [1.165, 1.54) is 12.4 Å². The Balaban J connectivity index is 1.61. The molecule has 0 aliphatic heterocycles. The van der Waals surface area contributed by atoms with Crippen LogP contribution in [0.4, 0.5) is 18.9 Å². The lowest BCUT2D eigenvalue weighted by Crippen LogP contribution is -2.21. The van der Waals surface area contributed by atoms with Gasteiger partial charge in [0, 0.05) is 43.0 Å². The lowest BCUT2D eigenvalue weighted by molar-refractivity contribution is -0.137. The number of aromatic nitrogens is 5. The van der Waals surface area contributed by atoms with E-state index in [1.807, 2.05) is 32.0 Å². The third-order valence-electron chi connectivity index (χ3n) is 5.81. The van der Waals surface area contributed by atoms with Gasteiger partial charge in [-0.2, -0.15) is 13.2 Å². The van der Waals surface area contributed by atoms with E-state index in [4.69, 9.17) is 11.6 Å². The zero-order chi connectivity index (χ0) is 27.4. The Kier molecular flexibility index (Phi) is 8.08. The van der Waals surface area contributed by atoms with Gasteiger partial charge in [-0.3, -0.25) is 4.79 Å². The number of nitrogens with zero attached hydrogens (tertiary/aromatic N) is 6. The van der Waals surface area contributed by atoms with Crippen LogP contribution in [0, 0.1) is 6.92 Å². The summed E-state index contributed by atoms with van der Waals surface area (Å²) >= 11 is 6.07. The van der Waals surface area contributed by atoms with E-state index in [0.717, 1.165) is 11.6 Å². The van der Waals surface area contributed by atoms with Gasteiger partial charge in [0.1, 0.15) is 12.0 Å². The molecule has 4 rings (SSSR count). The largest absolute Gasteiger partial charge is 0.417 e. The topological polar surface area (TPSA) is 88.8 Å². The molecule has 0 saturated heterocycles. The number of rotatable bonds is 9. The molecule has 198 valence electrons. The molecule has 0 aliphatic carbocycles. The summed E-state index contributed by atoms with van der Waals surface area (Å²) in [4.78, 5) is 23.0. The molecule has 2 aromatic carbocycles. The summed E-state index contributed by atoms with van der Waals surface area (Å²) in [5, 5.41) is 10.8. The fourth-order valence-corrected chi connectivity index (χ4v) is 4.06. The van der Waals surface area contributed by atoms with Crippen LogP contribution in [-0.4, -0.2) is 62.8 Å². The average molecular weight is 544 g/mol. The summed E-state index contributed by atoms with van der Waals surface area (Å²) in [6, 6.07) is 7.53. The van der Waals surface area contributed by atoms with Crippen molar-refractivity contribution < 1.29 is 18.0 Å². The third kappa shape index (κ3) is 6.35. The number of ketones is 1. The predicted molar refractivity (Wildman–Crippen MR) is 139 cm³/mol. The quantitative estimate of drug-likeness (QED) is 0.294. The van der Waals surface area contributed by atoms with Gasteiger partial charge in [0.05, 0.1) is 28.2 Å². The SMILES string of the molecule is Cc1ccc(CC(=O)c2cc(NCCN(C)C)c(Cl)c(C(F)(F)F)c2)cc1-n1cc(-c2cncnc2)nn1. The molecular weight excluding hydrogens is 519 g/mol. The lowest BCUT2D eigenvalue weighted by atomic mass is 9.98. The molecule has 0 radical (unpaired) electrons. The number of aryl methyl sites for hydroxylation is 1. The van der Waals surface area contributed by atoms with Crippen molar-refractivity contribution in [3.05, 3.63) is 82.5 Å². The Hall–Kier alpha value is -3.83. The Labute approximate surface area is 222 Å². The van der Waals surface area contributed by atoms with E-state index in [-0.39, 0.29) is 17.7 Å². The summed E-state index contributed by atoms with van der Waals surface area (Å²) in [6.07, 6.45) is 1.55. The number of anilines is 1. The molecule has 0 unspecified atom stereocenters. The lowest BCUT2D eigenvalue weighted by Gasteiger charge is -2.17. The Morgan fingerprint density at radius 1 is 1.13 bits per heavy atom. The van der Waals surface area contributed by atoms with E-state index in [1.54, 1.807) is 35.4 Å². The second kappa shape index (κ2) is 11.3. The summed E-state index contributed by atoms with van der Waals surface area (Å²) in [5.74, 6) is -0.474. The first kappa shape index (κ1) is 27.2. The minimum Gasteiger partial charge on any atom is -0.383 e. The first-order valence-corrected chi connectivity index (χ1v) is 12.0. The summed E-state index contributed by atoms with van der Waals surface area (Å²) in [5.41, 5.74) is 2.37. The van der Waals surface area contributed by atoms with E-state index >= 15 is 0 Å². The number of benzene rings is 2. The highest BCUT2D eigenvalue weighted by Gasteiger charge is 2.35. The smallest absolute Gasteiger partial charge is 0.383 e. The van der Waals surface area contributed by atoms with Gasteiger partial charge in [-0.05, 0) is 50.3 Å². The monoisotopic (exact) mass is 543 g/mol. The molecule has 0 fully saturated rings. The summed E-state index contributed by atoms with van der Waals surface area (Å²) in [7, 11) is 3.69. The molecule has 2 aromatic heterocycles. The second-order valence-electron chi connectivity index (χ2n) is 9.01. The van der Waals surface area contributed by atoms with Crippen LogP contribution in [0.5, 0.6) is 0 Å². The van der Waals surface area contributed by atoms with Crippen LogP contribution in [0.1, 0.15) is 27.0 Å². The van der Waals surface area contributed by atoms with Crippen molar-refractivity contribution in [2.24, 2.45) is 0 Å². The van der Waals surface area contributed by atoms with Crippen LogP contribution in [0.25, 0.3) is 16.9 Å². The molecule has 0 bridgehead atoms. The van der Waals surface area contributed by atoms with Crippen LogP contribution >= 0.6 is 11.6 Å². The summed E-state index contributed by atoms with van der Waals surface area (Å²) < 4.78 is 42.7. The highest BCUT2D eigenvalue weighted by Crippen LogP contribution is 2.39. The Morgan fingerprint density at radius 3 is 2.55 bits per heavy atom. The summed E-state index contributed by atoms with van der Waals surface area (Å²) in [6.45, 7) is 2.82. The number of likely N-dealkylation sites (N-methyl/N-ethyl adjacent to an activating group) is 1. The van der Waals surface area contributed by atoms with Gasteiger partial charge >= 0.3 is 6.18 Å². The Bertz CT molecular complexity index is 1440. The number of halogens is 4. The molecule has 2 heterocycles. The highest BCUT2D eigenvalue weighted by molar-refractivity contribution is 6.34. The zero-order valence-corrected chi connectivity index (χ0v) is 21.7. The first-order chi connectivity index (χ1) is 18.0. The number of hydrogen-bond donors (Lipinski definition) is 1. The fourth-order valence-electron chi connectivity index (χ4n) is 3.78. The number of carbonyl (C=O) groups is 1. The molecule has 12 heteroatoms. The van der Waals surface area contributed by atoms with E-state index in [9.17, 15) is 18.0 Å². The van der Waals surface area contributed by atoms with Crippen molar-refractivity contribution in [2.75, 3.05) is 32.5 Å². The van der Waals surface area contributed by atoms with Gasteiger partial charge < -0.3 is 10.2 Å². The molecule has 4 aromatic rings. The zero-order valence-electron chi connectivity index (χ0n) is 20.9. The van der Waals surface area contributed by atoms with Crippen molar-refractivity contribution in [3.63, 3.8) is 0 Å². The average Bonchev–Trinajstić information content (AvgIpc) is 3.36. The molecule has 0 atom stereocenters. The maximum atomic E-state index is 13.7. The van der Waals surface area contributed by atoms with E-state index < -0.39 is 22.5 Å². The molecule has 0 spiro atoms. The minimum absolute atomic E-state index is 0.0660. The highest BCUT2D eigenvalue weighted by atomic mass is 35.5. The first-order valence-electron chi connectivity index (χ1n) is 11.6. The van der Waals surface area contributed by atoms with Crippen molar-refractivity contribution in [1.29, 1.82) is 0 Å². The third-order valence-corrected chi connectivity index (χ3v) is 6.22. The van der Waals surface area contributed by atoms with Crippen molar-refractivity contribution in [3.8, 4) is 16.9 Å². The maximum Gasteiger partial charge on any atom is 0.417 e. The minimum atomic E-state index is -4.71. The number of alkyl halides is 3. The van der Waals surface area contributed by atoms with Crippen molar-refractivity contribution >= 4 is 23.1 Å². The van der Waals surface area contributed by atoms with Crippen LogP contribution in [0.15, 0.2) is 55.2 Å². The normalized spacial score (nSPS) is 11.7. The van der Waals surface area contributed by atoms with Crippen LogP contribution < -0.4 is 5.32 Å². The second-order valence-corrected chi connectivity index (χ2v) is 9.39. The molecular formula is C26H25ClF3N7O. The molecule has 1 N–H and O–H groups in total. The molecule has 38 heavy (non-hydrogen) atoms. The van der Waals surface area contributed by atoms with E-state index in [2.05, 4.69) is 25.6 Å². The molecule has 0 saturated carbocycles. The maximum absolute atomic E-state index is 13.7. The van der Waals surface area contributed by atoms with Crippen LogP contribution in [-0.2, 0) is 12.6 Å². The van der Waals surface area contributed by atoms with E-state index in [0.29, 0.717) is 35.6 Å². The predicted octanol–water partition coefficient (Wildman–Crippen LogP) is 5.10. The molecule has 8 nitrogen and oxygen atoms in total. The van der Waals surface area contributed by atoms with Crippen LogP contribution in [0.3, 0.4) is 0 Å². The van der Waals surface area contributed by atoms with Gasteiger partial charge in [-0.25, -0.2) is 14.6 Å². The fraction of sp³-hybridized carbons (Fsp3) is 0.269. The van der Waals surface area contributed by atoms with Gasteiger partial charge in [0.2, 0.25) is 0 Å². The molecule has 0 aliphatic rings. The van der Waals surface area contributed by atoms with Crippen molar-refractivity contribution in [1.82, 2.24) is 29.9 Å². The Morgan fingerprint density at radius 2 is 1.87 bits per heavy atom. The molecule has 0 amide bonds. The standard InChI is InChI=1S/C26H25ClF3N7O/c1-16-4-5-17(8-23(16)37-14-22(34-35-37)19-12-31-15-32-13-19)9-24(38)18-10-20(26(28,29)30)25(27)21(11-18)33-6-7-36(2)3/h4-5,8,10-15,33H,6-7,9H2,1-3H3. The number of nitrogens with one attached hydrogen (secondary N) is 1. The number of carbonyl (C=O) groups excluding carboxylic acids is 1. The van der Waals surface area contributed by atoms with Gasteiger partial charge in [0.15, 0.2) is 5.78 Å².